The number of carboxylic acid groups (broad SMARTS) is 1. The van der Waals surface area contributed by atoms with Gasteiger partial charge in [-0.05, 0) is 55.0 Å². The molecule has 4 nitrogen and oxygen atoms in total. The van der Waals surface area contributed by atoms with Crippen LogP contribution in [0.25, 0.3) is 0 Å². The number of nitrogens with one attached hydrogen (secondary N) is 1. The van der Waals surface area contributed by atoms with E-state index in [9.17, 15) is 9.59 Å². The molecule has 0 saturated heterocycles. The van der Waals surface area contributed by atoms with Gasteiger partial charge in [0.2, 0.25) is 0 Å². The molecule has 22 heavy (non-hydrogen) atoms. The molecule has 0 fully saturated rings. The van der Waals surface area contributed by atoms with Crippen LogP contribution in [0.5, 0.6) is 0 Å². The average molecular weight is 315 g/mol. The number of hydrogen-bond donors (Lipinski definition) is 2. The predicted molar refractivity (Wildman–Crippen MR) is 86.7 cm³/mol. The maximum atomic E-state index is 12.2. The number of anilines is 1. The monoisotopic (exact) mass is 315 g/mol. The van der Waals surface area contributed by atoms with E-state index in [1.165, 1.54) is 16.9 Å². The van der Waals surface area contributed by atoms with Crippen LogP contribution in [-0.2, 0) is 24.1 Å². The second-order valence-electron chi connectivity index (χ2n) is 5.46. The molecular weight excluding hydrogens is 298 g/mol. The van der Waals surface area contributed by atoms with Crippen LogP contribution in [0.15, 0.2) is 30.3 Å². The van der Waals surface area contributed by atoms with E-state index in [4.69, 9.17) is 5.11 Å². The molecule has 1 heterocycles. The largest absolute Gasteiger partial charge is 0.481 e. The molecule has 0 unspecified atom stereocenters. The maximum Gasteiger partial charge on any atom is 0.303 e. The van der Waals surface area contributed by atoms with Gasteiger partial charge in [-0.2, -0.15) is 0 Å². The molecular formula is C17H17NO3S. The van der Waals surface area contributed by atoms with Crippen LogP contribution in [0.4, 0.5) is 5.69 Å². The zero-order valence-electron chi connectivity index (χ0n) is 12.1. The molecule has 2 aromatic rings. The highest BCUT2D eigenvalue weighted by atomic mass is 32.1. The fourth-order valence-corrected chi connectivity index (χ4v) is 3.79. The van der Waals surface area contributed by atoms with Crippen LogP contribution in [0.2, 0.25) is 0 Å². The predicted octanol–water partition coefficient (Wildman–Crippen LogP) is 3.51. The van der Waals surface area contributed by atoms with Crippen molar-refractivity contribution in [3.05, 3.63) is 51.2 Å². The summed E-state index contributed by atoms with van der Waals surface area (Å²) in [5, 5.41) is 11.6. The normalized spacial score (nSPS) is 12.9. The molecule has 1 amide bonds. The van der Waals surface area contributed by atoms with Gasteiger partial charge in [0.05, 0.1) is 4.88 Å². The molecule has 0 bridgehead atoms. The summed E-state index contributed by atoms with van der Waals surface area (Å²) < 4.78 is 0. The zero-order valence-corrected chi connectivity index (χ0v) is 12.9. The summed E-state index contributed by atoms with van der Waals surface area (Å²) >= 11 is 1.59. The molecule has 5 heteroatoms. The number of rotatable bonds is 5. The lowest BCUT2D eigenvalue weighted by Crippen LogP contribution is -2.10. The number of carbonyl (C=O) groups excluding carboxylic acids is 1. The average Bonchev–Trinajstić information content (AvgIpc) is 3.07. The Balaban J connectivity index is 1.62. The highest BCUT2D eigenvalue weighted by molar-refractivity contribution is 7.14. The first-order valence-electron chi connectivity index (χ1n) is 7.35. The molecule has 0 aliphatic heterocycles. The lowest BCUT2D eigenvalue weighted by molar-refractivity contribution is -0.136. The van der Waals surface area contributed by atoms with E-state index in [0.29, 0.717) is 6.42 Å². The minimum absolute atomic E-state index is 0.0716. The van der Waals surface area contributed by atoms with Gasteiger partial charge in [-0.25, -0.2) is 0 Å². The van der Waals surface area contributed by atoms with E-state index in [2.05, 4.69) is 5.32 Å². The lowest BCUT2D eigenvalue weighted by atomic mass is 10.1. The van der Waals surface area contributed by atoms with Crippen molar-refractivity contribution in [3.63, 3.8) is 0 Å². The zero-order chi connectivity index (χ0) is 15.5. The smallest absolute Gasteiger partial charge is 0.303 e. The molecule has 1 aromatic carbocycles. The van der Waals surface area contributed by atoms with Crippen molar-refractivity contribution in [1.82, 2.24) is 0 Å². The standard InChI is InChI=1S/C17H17NO3S/c19-16(20)9-6-11-4-7-13(8-5-11)18-17(21)15-10-12-2-1-3-14(12)22-15/h4-5,7-8,10H,1-3,6,9H2,(H,18,21)(H,19,20). The van der Waals surface area contributed by atoms with Gasteiger partial charge in [0, 0.05) is 17.0 Å². The fourth-order valence-electron chi connectivity index (χ4n) is 2.64. The Morgan fingerprint density at radius 1 is 1.18 bits per heavy atom. The van der Waals surface area contributed by atoms with E-state index < -0.39 is 5.97 Å². The molecule has 114 valence electrons. The Morgan fingerprint density at radius 2 is 1.95 bits per heavy atom. The number of hydrogen-bond acceptors (Lipinski definition) is 3. The first-order chi connectivity index (χ1) is 10.6. The van der Waals surface area contributed by atoms with Gasteiger partial charge in [0.1, 0.15) is 0 Å². The topological polar surface area (TPSA) is 66.4 Å². The molecule has 2 N–H and O–H groups in total. The molecule has 0 radical (unpaired) electrons. The van der Waals surface area contributed by atoms with E-state index in [-0.39, 0.29) is 12.3 Å². The van der Waals surface area contributed by atoms with Crippen molar-refractivity contribution in [2.45, 2.75) is 32.1 Å². The van der Waals surface area contributed by atoms with E-state index in [0.717, 1.165) is 29.0 Å². The van der Waals surface area contributed by atoms with Crippen molar-refractivity contribution >= 4 is 28.9 Å². The van der Waals surface area contributed by atoms with Crippen molar-refractivity contribution in [2.24, 2.45) is 0 Å². The highest BCUT2D eigenvalue weighted by Gasteiger charge is 2.18. The minimum atomic E-state index is -0.803. The Kier molecular flexibility index (Phi) is 4.24. The van der Waals surface area contributed by atoms with Gasteiger partial charge >= 0.3 is 5.97 Å². The maximum absolute atomic E-state index is 12.2. The molecule has 3 rings (SSSR count). The summed E-state index contributed by atoms with van der Waals surface area (Å²) in [6.07, 6.45) is 3.98. The summed E-state index contributed by atoms with van der Waals surface area (Å²) in [5.41, 5.74) is 3.01. The fraction of sp³-hybridized carbons (Fsp3) is 0.294. The van der Waals surface area contributed by atoms with Crippen molar-refractivity contribution in [1.29, 1.82) is 0 Å². The number of aliphatic carboxylic acids is 1. The first kappa shape index (κ1) is 14.8. The van der Waals surface area contributed by atoms with E-state index in [1.54, 1.807) is 11.3 Å². The summed E-state index contributed by atoms with van der Waals surface area (Å²) in [6, 6.07) is 9.34. The number of amides is 1. The van der Waals surface area contributed by atoms with Crippen molar-refractivity contribution in [2.75, 3.05) is 5.32 Å². The summed E-state index contributed by atoms with van der Waals surface area (Å²) in [5.74, 6) is -0.874. The summed E-state index contributed by atoms with van der Waals surface area (Å²) in [7, 11) is 0. The second kappa shape index (κ2) is 6.32. The molecule has 1 aromatic heterocycles. The summed E-state index contributed by atoms with van der Waals surface area (Å²) in [6.45, 7) is 0. The number of aryl methyl sites for hydroxylation is 3. The molecule has 0 spiro atoms. The number of carbonyl (C=O) groups is 2. The third-order valence-corrected chi connectivity index (χ3v) is 5.05. The molecule has 0 saturated carbocycles. The van der Waals surface area contributed by atoms with Gasteiger partial charge in [-0.15, -0.1) is 11.3 Å². The highest BCUT2D eigenvalue weighted by Crippen LogP contribution is 2.31. The number of thiophene rings is 1. The Morgan fingerprint density at radius 3 is 2.64 bits per heavy atom. The van der Waals surface area contributed by atoms with Gasteiger partial charge in [0.25, 0.3) is 5.91 Å². The van der Waals surface area contributed by atoms with Crippen LogP contribution in [-0.4, -0.2) is 17.0 Å². The van der Waals surface area contributed by atoms with Gasteiger partial charge in [-0.1, -0.05) is 12.1 Å². The SMILES string of the molecule is O=C(O)CCc1ccc(NC(=O)c2cc3c(s2)CCC3)cc1. The third-order valence-electron chi connectivity index (χ3n) is 3.81. The van der Waals surface area contributed by atoms with Crippen LogP contribution >= 0.6 is 11.3 Å². The third kappa shape index (κ3) is 3.36. The quantitative estimate of drug-likeness (QED) is 0.887. The van der Waals surface area contributed by atoms with Crippen molar-refractivity contribution in [3.8, 4) is 0 Å². The van der Waals surface area contributed by atoms with Gasteiger partial charge in [0.15, 0.2) is 0 Å². The van der Waals surface area contributed by atoms with Crippen LogP contribution in [0, 0.1) is 0 Å². The number of fused-ring (bicyclic) bond motifs is 1. The van der Waals surface area contributed by atoms with Gasteiger partial charge in [-0.3, -0.25) is 9.59 Å². The van der Waals surface area contributed by atoms with Crippen LogP contribution in [0.3, 0.4) is 0 Å². The second-order valence-corrected chi connectivity index (χ2v) is 6.59. The van der Waals surface area contributed by atoms with E-state index >= 15 is 0 Å². The number of carboxylic acids is 1. The number of benzene rings is 1. The van der Waals surface area contributed by atoms with Crippen LogP contribution < -0.4 is 5.32 Å². The molecule has 0 atom stereocenters. The van der Waals surface area contributed by atoms with E-state index in [1.807, 2.05) is 30.3 Å². The van der Waals surface area contributed by atoms with Crippen LogP contribution in [0.1, 0.15) is 38.5 Å². The molecule has 1 aliphatic carbocycles. The minimum Gasteiger partial charge on any atom is -0.481 e. The Bertz CT molecular complexity index is 682. The van der Waals surface area contributed by atoms with Gasteiger partial charge < -0.3 is 10.4 Å². The van der Waals surface area contributed by atoms with Crippen molar-refractivity contribution < 1.29 is 14.7 Å². The summed E-state index contributed by atoms with van der Waals surface area (Å²) in [4.78, 5) is 24.9. The first-order valence-corrected chi connectivity index (χ1v) is 8.17. The Hall–Kier alpha value is -2.14. The lowest BCUT2D eigenvalue weighted by Gasteiger charge is -2.05. The Labute approximate surface area is 132 Å². The molecule has 1 aliphatic rings.